The Kier molecular flexibility index (Phi) is 5.14. The molecule has 0 heterocycles. The van der Waals surface area contributed by atoms with Gasteiger partial charge in [-0.25, -0.2) is 0 Å². The Morgan fingerprint density at radius 3 is 2.10 bits per heavy atom. The van der Waals surface area contributed by atoms with E-state index >= 15 is 0 Å². The second kappa shape index (κ2) is 7.06. The minimum Gasteiger partial charge on any atom is -0.332 e. The first kappa shape index (κ1) is 15.3. The van der Waals surface area contributed by atoms with Crippen molar-refractivity contribution in [1.82, 2.24) is 0 Å². The molecule has 0 saturated heterocycles. The van der Waals surface area contributed by atoms with Crippen molar-refractivity contribution in [3.8, 4) is 0 Å². The number of rotatable bonds is 3. The van der Waals surface area contributed by atoms with Gasteiger partial charge in [-0.1, -0.05) is 17.7 Å². The van der Waals surface area contributed by atoms with Gasteiger partial charge in [-0.3, -0.25) is 4.79 Å². The third-order valence-electron chi connectivity index (χ3n) is 2.55. The molecule has 0 aliphatic rings. The molecule has 0 spiro atoms. The number of anilines is 3. The van der Waals surface area contributed by atoms with Crippen molar-refractivity contribution in [2.75, 3.05) is 16.0 Å². The Balaban J connectivity index is 1.95. The van der Waals surface area contributed by atoms with Gasteiger partial charge in [-0.05, 0) is 54.7 Å². The minimum absolute atomic E-state index is 0.103. The highest BCUT2D eigenvalue weighted by Gasteiger charge is 2.00. The molecule has 0 bridgehead atoms. The van der Waals surface area contributed by atoms with Gasteiger partial charge >= 0.3 is 0 Å². The predicted molar refractivity (Wildman–Crippen MR) is 92.0 cm³/mol. The lowest BCUT2D eigenvalue weighted by Crippen LogP contribution is -2.19. The Morgan fingerprint density at radius 1 is 0.952 bits per heavy atom. The van der Waals surface area contributed by atoms with Crippen LogP contribution in [0.4, 0.5) is 17.1 Å². The number of halogens is 1. The van der Waals surface area contributed by atoms with Crippen LogP contribution in [0.25, 0.3) is 0 Å². The van der Waals surface area contributed by atoms with E-state index in [1.54, 1.807) is 24.3 Å². The Morgan fingerprint density at radius 2 is 1.52 bits per heavy atom. The van der Waals surface area contributed by atoms with E-state index in [0.29, 0.717) is 10.1 Å². The summed E-state index contributed by atoms with van der Waals surface area (Å²) >= 11 is 11.1. The van der Waals surface area contributed by atoms with Crippen LogP contribution in [0, 0.1) is 0 Å². The van der Waals surface area contributed by atoms with Crippen molar-refractivity contribution < 1.29 is 4.79 Å². The molecule has 0 aliphatic carbocycles. The van der Waals surface area contributed by atoms with Gasteiger partial charge in [-0.15, -0.1) is 0 Å². The van der Waals surface area contributed by atoms with Gasteiger partial charge in [0.15, 0.2) is 5.11 Å². The van der Waals surface area contributed by atoms with Crippen LogP contribution in [0.2, 0.25) is 5.02 Å². The first-order valence-electron chi connectivity index (χ1n) is 6.24. The zero-order chi connectivity index (χ0) is 15.2. The normalized spacial score (nSPS) is 9.81. The zero-order valence-electron chi connectivity index (χ0n) is 11.3. The van der Waals surface area contributed by atoms with E-state index in [9.17, 15) is 4.79 Å². The standard InChI is InChI=1S/C15H14ClN3OS/c1-10(20)17-12-5-7-13(8-6-12)18-15(21)19-14-4-2-3-11(16)9-14/h2-9H,1H3,(H,17,20)(H2,18,19,21). The minimum atomic E-state index is -0.103. The van der Waals surface area contributed by atoms with Gasteiger partial charge in [0.1, 0.15) is 0 Å². The second-order valence-corrected chi connectivity index (χ2v) is 5.19. The number of nitrogens with one attached hydrogen (secondary N) is 3. The number of hydrogen-bond donors (Lipinski definition) is 3. The molecule has 0 atom stereocenters. The summed E-state index contributed by atoms with van der Waals surface area (Å²) in [5.41, 5.74) is 2.38. The highest BCUT2D eigenvalue weighted by Crippen LogP contribution is 2.16. The summed E-state index contributed by atoms with van der Waals surface area (Å²) in [6.45, 7) is 1.47. The Bertz CT molecular complexity index is 658. The summed E-state index contributed by atoms with van der Waals surface area (Å²) in [5, 5.41) is 9.90. The smallest absolute Gasteiger partial charge is 0.221 e. The van der Waals surface area contributed by atoms with Gasteiger partial charge in [0.05, 0.1) is 0 Å². The molecule has 1 amide bonds. The van der Waals surface area contributed by atoms with E-state index in [1.807, 2.05) is 24.3 Å². The SMILES string of the molecule is CC(=O)Nc1ccc(NC(=S)Nc2cccc(Cl)c2)cc1. The third kappa shape index (κ3) is 5.06. The summed E-state index contributed by atoms with van der Waals surface area (Å²) in [6.07, 6.45) is 0. The predicted octanol–water partition coefficient (Wildman–Crippen LogP) is 4.11. The fourth-order valence-corrected chi connectivity index (χ4v) is 2.13. The molecule has 2 rings (SSSR count). The average Bonchev–Trinajstić information content (AvgIpc) is 2.40. The van der Waals surface area contributed by atoms with E-state index in [2.05, 4.69) is 16.0 Å². The lowest BCUT2D eigenvalue weighted by molar-refractivity contribution is -0.114. The molecular weight excluding hydrogens is 306 g/mol. The second-order valence-electron chi connectivity index (χ2n) is 4.35. The molecule has 2 aromatic rings. The van der Waals surface area contributed by atoms with Crippen LogP contribution in [0.5, 0.6) is 0 Å². The van der Waals surface area contributed by atoms with Gasteiger partial charge in [0.25, 0.3) is 0 Å². The molecule has 108 valence electrons. The van der Waals surface area contributed by atoms with E-state index in [1.165, 1.54) is 6.92 Å². The highest BCUT2D eigenvalue weighted by molar-refractivity contribution is 7.80. The topological polar surface area (TPSA) is 53.2 Å². The summed E-state index contributed by atoms with van der Waals surface area (Å²) < 4.78 is 0. The monoisotopic (exact) mass is 319 g/mol. The molecule has 3 N–H and O–H groups in total. The summed E-state index contributed by atoms with van der Waals surface area (Å²) in [5.74, 6) is -0.103. The summed E-state index contributed by atoms with van der Waals surface area (Å²) in [7, 11) is 0. The molecule has 0 radical (unpaired) electrons. The molecule has 0 unspecified atom stereocenters. The van der Waals surface area contributed by atoms with Crippen LogP contribution in [0.15, 0.2) is 48.5 Å². The third-order valence-corrected chi connectivity index (χ3v) is 2.98. The maximum atomic E-state index is 10.9. The van der Waals surface area contributed by atoms with E-state index in [0.717, 1.165) is 17.1 Å². The molecule has 0 fully saturated rings. The molecule has 21 heavy (non-hydrogen) atoms. The van der Waals surface area contributed by atoms with Crippen LogP contribution < -0.4 is 16.0 Å². The Hall–Kier alpha value is -2.11. The van der Waals surface area contributed by atoms with Crippen molar-refractivity contribution in [3.05, 3.63) is 53.6 Å². The molecule has 0 saturated carbocycles. The first-order chi connectivity index (χ1) is 10.0. The number of amides is 1. The van der Waals surface area contributed by atoms with Gasteiger partial charge in [0, 0.05) is 29.0 Å². The maximum Gasteiger partial charge on any atom is 0.221 e. The zero-order valence-corrected chi connectivity index (χ0v) is 12.9. The van der Waals surface area contributed by atoms with Crippen LogP contribution in [-0.4, -0.2) is 11.0 Å². The first-order valence-corrected chi connectivity index (χ1v) is 7.03. The number of thiocarbonyl (C=S) groups is 1. The summed E-state index contributed by atoms with van der Waals surface area (Å²) in [4.78, 5) is 10.9. The number of carbonyl (C=O) groups is 1. The van der Waals surface area contributed by atoms with Gasteiger partial charge in [0.2, 0.25) is 5.91 Å². The molecule has 6 heteroatoms. The fourth-order valence-electron chi connectivity index (χ4n) is 1.70. The maximum absolute atomic E-state index is 10.9. The lowest BCUT2D eigenvalue weighted by atomic mass is 10.3. The largest absolute Gasteiger partial charge is 0.332 e. The number of carbonyl (C=O) groups excluding carboxylic acids is 1. The molecular formula is C15H14ClN3OS. The number of hydrogen-bond acceptors (Lipinski definition) is 2. The van der Waals surface area contributed by atoms with Crippen molar-refractivity contribution in [3.63, 3.8) is 0 Å². The molecule has 4 nitrogen and oxygen atoms in total. The van der Waals surface area contributed by atoms with Gasteiger partial charge in [-0.2, -0.15) is 0 Å². The fraction of sp³-hybridized carbons (Fsp3) is 0.0667. The van der Waals surface area contributed by atoms with E-state index in [4.69, 9.17) is 23.8 Å². The van der Waals surface area contributed by atoms with Crippen molar-refractivity contribution in [2.24, 2.45) is 0 Å². The van der Waals surface area contributed by atoms with Crippen LogP contribution in [0.1, 0.15) is 6.92 Å². The molecule has 2 aromatic carbocycles. The van der Waals surface area contributed by atoms with Crippen LogP contribution >= 0.6 is 23.8 Å². The number of benzene rings is 2. The van der Waals surface area contributed by atoms with Crippen LogP contribution in [-0.2, 0) is 4.79 Å². The molecule has 0 aromatic heterocycles. The Labute approximate surface area is 133 Å². The highest BCUT2D eigenvalue weighted by atomic mass is 35.5. The lowest BCUT2D eigenvalue weighted by Gasteiger charge is -2.11. The van der Waals surface area contributed by atoms with Crippen molar-refractivity contribution in [2.45, 2.75) is 6.92 Å². The molecule has 0 aliphatic heterocycles. The van der Waals surface area contributed by atoms with Crippen molar-refractivity contribution in [1.29, 1.82) is 0 Å². The van der Waals surface area contributed by atoms with E-state index in [-0.39, 0.29) is 5.91 Å². The van der Waals surface area contributed by atoms with Gasteiger partial charge < -0.3 is 16.0 Å². The summed E-state index contributed by atoms with van der Waals surface area (Å²) in [6, 6.07) is 14.6. The quantitative estimate of drug-likeness (QED) is 0.745. The van der Waals surface area contributed by atoms with E-state index < -0.39 is 0 Å². The van der Waals surface area contributed by atoms with Crippen LogP contribution in [0.3, 0.4) is 0 Å². The van der Waals surface area contributed by atoms with Crippen molar-refractivity contribution >= 4 is 51.9 Å². The average molecular weight is 320 g/mol.